The van der Waals surface area contributed by atoms with E-state index in [1.807, 2.05) is 26.0 Å². The van der Waals surface area contributed by atoms with Gasteiger partial charge in [0.2, 0.25) is 5.91 Å². The molecule has 0 aromatic heterocycles. The first-order chi connectivity index (χ1) is 11.2. The van der Waals surface area contributed by atoms with Gasteiger partial charge in [0.1, 0.15) is 0 Å². The van der Waals surface area contributed by atoms with E-state index in [1.54, 1.807) is 0 Å². The molecule has 1 amide bonds. The minimum atomic E-state index is 0.0267. The van der Waals surface area contributed by atoms with E-state index in [1.165, 1.54) is 5.56 Å². The Balaban J connectivity index is 1.82. The summed E-state index contributed by atoms with van der Waals surface area (Å²) < 4.78 is 0. The van der Waals surface area contributed by atoms with E-state index in [-0.39, 0.29) is 11.3 Å². The third-order valence-electron chi connectivity index (χ3n) is 3.94. The lowest BCUT2D eigenvalue weighted by atomic mass is 9.87. The molecule has 0 aliphatic carbocycles. The van der Waals surface area contributed by atoms with Gasteiger partial charge in [0.25, 0.3) is 0 Å². The lowest BCUT2D eigenvalue weighted by Gasteiger charge is -2.19. The average Bonchev–Trinajstić information content (AvgIpc) is 2.45. The maximum absolute atomic E-state index is 12.1. The molecule has 0 saturated carbocycles. The van der Waals surface area contributed by atoms with Gasteiger partial charge in [-0.15, -0.1) is 0 Å². The molecule has 0 bridgehead atoms. The molecule has 2 rings (SSSR count). The second-order valence-corrected chi connectivity index (χ2v) is 7.43. The van der Waals surface area contributed by atoms with Crippen molar-refractivity contribution in [3.63, 3.8) is 0 Å². The normalized spacial score (nSPS) is 11.2. The Hall–Kier alpha value is -2.29. The summed E-state index contributed by atoms with van der Waals surface area (Å²) in [5.74, 6) is 0.0267. The van der Waals surface area contributed by atoms with Crippen molar-refractivity contribution in [2.45, 2.75) is 46.5 Å². The van der Waals surface area contributed by atoms with Gasteiger partial charge in [-0.3, -0.25) is 4.79 Å². The fourth-order valence-electron chi connectivity index (χ4n) is 2.68. The molecule has 0 fully saturated rings. The van der Waals surface area contributed by atoms with Crippen molar-refractivity contribution < 1.29 is 4.79 Å². The van der Waals surface area contributed by atoms with Crippen molar-refractivity contribution in [3.8, 4) is 0 Å². The third-order valence-corrected chi connectivity index (χ3v) is 3.94. The molecule has 0 atom stereocenters. The van der Waals surface area contributed by atoms with E-state index in [0.717, 1.165) is 22.5 Å². The minimum absolute atomic E-state index is 0.0267. The fraction of sp³-hybridized carbons (Fsp3) is 0.381. The van der Waals surface area contributed by atoms with Gasteiger partial charge < -0.3 is 10.6 Å². The highest BCUT2D eigenvalue weighted by Crippen LogP contribution is 2.23. The van der Waals surface area contributed by atoms with E-state index in [4.69, 9.17) is 0 Å². The molecule has 3 nitrogen and oxygen atoms in total. The summed E-state index contributed by atoms with van der Waals surface area (Å²) in [6.07, 6.45) is 0.439. The van der Waals surface area contributed by atoms with Gasteiger partial charge in [0.15, 0.2) is 0 Å². The molecule has 0 unspecified atom stereocenters. The Bertz CT molecular complexity index is 677. The van der Waals surface area contributed by atoms with Crippen molar-refractivity contribution in [2.24, 2.45) is 0 Å². The highest BCUT2D eigenvalue weighted by atomic mass is 16.1. The quantitative estimate of drug-likeness (QED) is 0.809. The molecule has 0 heterocycles. The first-order valence-electron chi connectivity index (χ1n) is 8.46. The van der Waals surface area contributed by atoms with Crippen molar-refractivity contribution in [3.05, 3.63) is 59.2 Å². The van der Waals surface area contributed by atoms with Crippen LogP contribution in [0.25, 0.3) is 0 Å². The Kier molecular flexibility index (Phi) is 5.66. The number of carbonyl (C=O) groups is 1. The van der Waals surface area contributed by atoms with E-state index < -0.39 is 0 Å². The number of hydrogen-bond acceptors (Lipinski definition) is 2. The van der Waals surface area contributed by atoms with Crippen LogP contribution >= 0.6 is 0 Å². The molecular weight excluding hydrogens is 296 g/mol. The van der Waals surface area contributed by atoms with Crippen LogP contribution in [-0.2, 0) is 10.2 Å². The standard InChI is InChI=1S/C21H28N2O/c1-15-12-16(2)14-19(13-15)23-20(24)10-11-22-18-8-6-17(7-9-18)21(3,4)5/h6-9,12-14,22H,10-11H2,1-5H3,(H,23,24). The van der Waals surface area contributed by atoms with Crippen molar-refractivity contribution >= 4 is 17.3 Å². The average molecular weight is 324 g/mol. The van der Waals surface area contributed by atoms with E-state index in [9.17, 15) is 4.79 Å². The lowest BCUT2D eigenvalue weighted by Crippen LogP contribution is -2.16. The molecule has 0 saturated heterocycles. The number of nitrogens with one attached hydrogen (secondary N) is 2. The van der Waals surface area contributed by atoms with Crippen LogP contribution in [0.4, 0.5) is 11.4 Å². The second kappa shape index (κ2) is 7.52. The van der Waals surface area contributed by atoms with E-state index >= 15 is 0 Å². The number of rotatable bonds is 5. The summed E-state index contributed by atoms with van der Waals surface area (Å²) in [6.45, 7) is 11.3. The number of amides is 1. The Morgan fingerprint density at radius 1 is 0.917 bits per heavy atom. The van der Waals surface area contributed by atoms with E-state index in [2.05, 4.69) is 61.7 Å². The number of hydrogen-bond donors (Lipinski definition) is 2. The molecule has 0 spiro atoms. The number of aryl methyl sites for hydroxylation is 2. The van der Waals surface area contributed by atoms with Crippen LogP contribution in [0.1, 0.15) is 43.9 Å². The summed E-state index contributed by atoms with van der Waals surface area (Å²) in [6, 6.07) is 14.5. The Labute approximate surface area is 145 Å². The van der Waals surface area contributed by atoms with Crippen LogP contribution in [0.5, 0.6) is 0 Å². The van der Waals surface area contributed by atoms with Gasteiger partial charge >= 0.3 is 0 Å². The predicted molar refractivity (Wildman–Crippen MR) is 103 cm³/mol. The molecule has 0 aliphatic rings. The summed E-state index contributed by atoms with van der Waals surface area (Å²) >= 11 is 0. The molecule has 2 aromatic carbocycles. The second-order valence-electron chi connectivity index (χ2n) is 7.43. The summed E-state index contributed by atoms with van der Waals surface area (Å²) in [7, 11) is 0. The largest absolute Gasteiger partial charge is 0.385 e. The SMILES string of the molecule is Cc1cc(C)cc(NC(=O)CCNc2ccc(C(C)(C)C)cc2)c1. The molecule has 3 heteroatoms. The lowest BCUT2D eigenvalue weighted by molar-refractivity contribution is -0.115. The number of anilines is 2. The van der Waals surface area contributed by atoms with Crippen LogP contribution in [0.2, 0.25) is 0 Å². The first kappa shape index (κ1) is 18.1. The smallest absolute Gasteiger partial charge is 0.226 e. The number of benzene rings is 2. The van der Waals surface area contributed by atoms with Crippen LogP contribution in [-0.4, -0.2) is 12.5 Å². The molecule has 128 valence electrons. The summed E-state index contributed by atoms with van der Waals surface area (Å²) in [4.78, 5) is 12.1. The summed E-state index contributed by atoms with van der Waals surface area (Å²) in [5, 5.41) is 6.26. The molecular formula is C21H28N2O. The van der Waals surface area contributed by atoms with Crippen molar-refractivity contribution in [1.82, 2.24) is 0 Å². The highest BCUT2D eigenvalue weighted by molar-refractivity contribution is 5.91. The molecule has 2 aromatic rings. The van der Waals surface area contributed by atoms with Crippen LogP contribution in [0.3, 0.4) is 0 Å². The maximum Gasteiger partial charge on any atom is 0.226 e. The molecule has 24 heavy (non-hydrogen) atoms. The van der Waals surface area contributed by atoms with Gasteiger partial charge in [-0.25, -0.2) is 0 Å². The molecule has 2 N–H and O–H groups in total. The minimum Gasteiger partial charge on any atom is -0.385 e. The predicted octanol–water partition coefficient (Wildman–Crippen LogP) is 5.04. The number of carbonyl (C=O) groups excluding carboxylic acids is 1. The monoisotopic (exact) mass is 324 g/mol. The van der Waals surface area contributed by atoms with Crippen LogP contribution in [0, 0.1) is 13.8 Å². The zero-order valence-corrected chi connectivity index (χ0v) is 15.4. The van der Waals surface area contributed by atoms with Gasteiger partial charge in [0.05, 0.1) is 0 Å². The van der Waals surface area contributed by atoms with Gasteiger partial charge in [-0.1, -0.05) is 39.0 Å². The third kappa shape index (κ3) is 5.41. The zero-order chi connectivity index (χ0) is 17.7. The van der Waals surface area contributed by atoms with E-state index in [0.29, 0.717) is 13.0 Å². The van der Waals surface area contributed by atoms with Crippen molar-refractivity contribution in [1.29, 1.82) is 0 Å². The highest BCUT2D eigenvalue weighted by Gasteiger charge is 2.12. The van der Waals surface area contributed by atoms with Crippen LogP contribution < -0.4 is 10.6 Å². The maximum atomic E-state index is 12.1. The van der Waals surface area contributed by atoms with Gasteiger partial charge in [0, 0.05) is 24.3 Å². The Morgan fingerprint density at radius 2 is 1.50 bits per heavy atom. The fourth-order valence-corrected chi connectivity index (χ4v) is 2.68. The van der Waals surface area contributed by atoms with Crippen molar-refractivity contribution in [2.75, 3.05) is 17.2 Å². The summed E-state index contributed by atoms with van der Waals surface area (Å²) in [5.41, 5.74) is 5.68. The molecule has 0 aliphatic heterocycles. The topological polar surface area (TPSA) is 41.1 Å². The molecule has 0 radical (unpaired) electrons. The Morgan fingerprint density at radius 3 is 2.04 bits per heavy atom. The van der Waals surface area contributed by atoms with Crippen LogP contribution in [0.15, 0.2) is 42.5 Å². The zero-order valence-electron chi connectivity index (χ0n) is 15.4. The first-order valence-corrected chi connectivity index (χ1v) is 8.46. The van der Waals surface area contributed by atoms with Gasteiger partial charge in [-0.05, 0) is 60.2 Å². The van der Waals surface area contributed by atoms with Gasteiger partial charge in [-0.2, -0.15) is 0 Å².